The molecule has 2 aromatic rings. The number of cyclic esters (lactones) is 1. The van der Waals surface area contributed by atoms with E-state index in [-0.39, 0.29) is 5.70 Å². The van der Waals surface area contributed by atoms with E-state index in [1.54, 1.807) is 13.2 Å². The van der Waals surface area contributed by atoms with E-state index in [2.05, 4.69) is 27.8 Å². The van der Waals surface area contributed by atoms with Crippen LogP contribution < -0.4 is 9.47 Å². The highest BCUT2D eigenvalue weighted by Crippen LogP contribution is 2.37. The molecule has 0 saturated heterocycles. The molecule has 0 fully saturated rings. The van der Waals surface area contributed by atoms with Gasteiger partial charge in [0, 0.05) is 5.56 Å². The van der Waals surface area contributed by atoms with E-state index in [1.807, 2.05) is 43.3 Å². The molecule has 0 aromatic heterocycles. The molecule has 0 saturated carbocycles. The second-order valence-electron chi connectivity index (χ2n) is 6.44. The zero-order valence-corrected chi connectivity index (χ0v) is 17.7. The Morgan fingerprint density at radius 1 is 1.21 bits per heavy atom. The molecule has 1 aliphatic heterocycles. The van der Waals surface area contributed by atoms with Crippen LogP contribution in [0.25, 0.3) is 6.08 Å². The summed E-state index contributed by atoms with van der Waals surface area (Å²) in [5.41, 5.74) is 2.89. The molecule has 3 rings (SSSR count). The van der Waals surface area contributed by atoms with Gasteiger partial charge in [-0.05, 0) is 65.2 Å². The number of benzene rings is 2. The maximum Gasteiger partial charge on any atom is 0.363 e. The number of carbonyl (C=O) groups is 1. The Morgan fingerprint density at radius 3 is 2.64 bits per heavy atom. The Balaban J connectivity index is 1.88. The average Bonchev–Trinajstić information content (AvgIpc) is 3.04. The minimum Gasteiger partial charge on any atom is -0.493 e. The van der Waals surface area contributed by atoms with Crippen molar-refractivity contribution in [2.45, 2.75) is 26.7 Å². The number of nitrogens with zero attached hydrogens (tertiary/aromatic N) is 1. The van der Waals surface area contributed by atoms with Gasteiger partial charge in [0.15, 0.2) is 17.2 Å². The van der Waals surface area contributed by atoms with Crippen molar-refractivity contribution < 1.29 is 19.0 Å². The van der Waals surface area contributed by atoms with E-state index in [0.29, 0.717) is 24.0 Å². The molecule has 0 unspecified atom stereocenters. The molecule has 0 bridgehead atoms. The second kappa shape index (κ2) is 9.06. The van der Waals surface area contributed by atoms with Crippen molar-refractivity contribution in [2.75, 3.05) is 13.7 Å². The van der Waals surface area contributed by atoms with Crippen LogP contribution in [0, 0.1) is 6.92 Å². The molecule has 0 amide bonds. The molecule has 0 radical (unpaired) electrons. The lowest BCUT2D eigenvalue weighted by atomic mass is 10.1. The summed E-state index contributed by atoms with van der Waals surface area (Å²) in [6, 6.07) is 11.3. The number of aryl methyl sites for hydroxylation is 1. The summed E-state index contributed by atoms with van der Waals surface area (Å²) < 4.78 is 17.3. The minimum absolute atomic E-state index is 0.240. The first-order chi connectivity index (χ1) is 13.5. The summed E-state index contributed by atoms with van der Waals surface area (Å²) in [7, 11) is 1.59. The van der Waals surface area contributed by atoms with Gasteiger partial charge < -0.3 is 14.2 Å². The number of methoxy groups -OCH3 is 1. The van der Waals surface area contributed by atoms with Crippen LogP contribution in [0.2, 0.25) is 0 Å². The lowest BCUT2D eigenvalue weighted by molar-refractivity contribution is -0.129. The maximum absolute atomic E-state index is 12.2. The van der Waals surface area contributed by atoms with Crippen molar-refractivity contribution in [3.63, 3.8) is 0 Å². The van der Waals surface area contributed by atoms with Gasteiger partial charge in [-0.3, -0.25) is 0 Å². The third-order valence-electron chi connectivity index (χ3n) is 4.22. The van der Waals surface area contributed by atoms with E-state index >= 15 is 0 Å². The SMILES string of the molecule is CCCCOc1c(Br)cc(/C=C2\N=C(c3ccc(C)cc3)OC2=O)cc1OC. The maximum atomic E-state index is 12.2. The largest absolute Gasteiger partial charge is 0.493 e. The van der Waals surface area contributed by atoms with Crippen LogP contribution in [0.5, 0.6) is 11.5 Å². The number of carbonyl (C=O) groups excluding carboxylic acids is 1. The molecular weight excluding hydrogens is 422 g/mol. The standard InChI is InChI=1S/C22H22BrNO4/c1-4-5-10-27-20-17(23)11-15(13-19(20)26-3)12-18-22(25)28-21(24-18)16-8-6-14(2)7-9-16/h6-9,11-13H,4-5,10H2,1-3H3/b18-12-. The Bertz CT molecular complexity index is 932. The molecule has 2 aromatic carbocycles. The smallest absolute Gasteiger partial charge is 0.363 e. The van der Waals surface area contributed by atoms with Gasteiger partial charge in [0.2, 0.25) is 5.90 Å². The number of hydrogen-bond donors (Lipinski definition) is 0. The summed E-state index contributed by atoms with van der Waals surface area (Å²) >= 11 is 3.52. The van der Waals surface area contributed by atoms with Crippen LogP contribution in [0.1, 0.15) is 36.5 Å². The fourth-order valence-corrected chi connectivity index (χ4v) is 3.24. The van der Waals surface area contributed by atoms with Crippen LogP contribution >= 0.6 is 15.9 Å². The molecular formula is C22H22BrNO4. The van der Waals surface area contributed by atoms with Crippen LogP contribution in [0.3, 0.4) is 0 Å². The van der Waals surface area contributed by atoms with Gasteiger partial charge in [0.05, 0.1) is 18.2 Å². The fraction of sp³-hybridized carbons (Fsp3) is 0.273. The van der Waals surface area contributed by atoms with Crippen LogP contribution in [-0.4, -0.2) is 25.6 Å². The van der Waals surface area contributed by atoms with Gasteiger partial charge in [-0.1, -0.05) is 31.0 Å². The summed E-state index contributed by atoms with van der Waals surface area (Å²) in [6.45, 7) is 4.72. The Labute approximate surface area is 173 Å². The lowest BCUT2D eigenvalue weighted by Gasteiger charge is -2.13. The Morgan fingerprint density at radius 2 is 1.96 bits per heavy atom. The van der Waals surface area contributed by atoms with Crippen molar-refractivity contribution in [3.8, 4) is 11.5 Å². The fourth-order valence-electron chi connectivity index (χ4n) is 2.67. The molecule has 0 N–H and O–H groups in total. The van der Waals surface area contributed by atoms with Crippen molar-refractivity contribution in [2.24, 2.45) is 4.99 Å². The monoisotopic (exact) mass is 443 g/mol. The molecule has 0 aliphatic carbocycles. The quantitative estimate of drug-likeness (QED) is 0.331. The number of rotatable bonds is 7. The minimum atomic E-state index is -0.478. The first-order valence-electron chi connectivity index (χ1n) is 9.11. The molecule has 5 nitrogen and oxygen atoms in total. The van der Waals surface area contributed by atoms with E-state index in [1.165, 1.54) is 0 Å². The van der Waals surface area contributed by atoms with Gasteiger partial charge >= 0.3 is 5.97 Å². The highest BCUT2D eigenvalue weighted by Gasteiger charge is 2.24. The molecule has 28 heavy (non-hydrogen) atoms. The van der Waals surface area contributed by atoms with Gasteiger partial charge in [0.1, 0.15) is 0 Å². The normalized spacial score (nSPS) is 14.8. The molecule has 146 valence electrons. The van der Waals surface area contributed by atoms with Gasteiger partial charge in [-0.2, -0.15) is 0 Å². The molecule has 6 heteroatoms. The lowest BCUT2D eigenvalue weighted by Crippen LogP contribution is -2.05. The first kappa shape index (κ1) is 20.1. The number of ether oxygens (including phenoxy) is 3. The van der Waals surface area contributed by atoms with Crippen LogP contribution in [0.15, 0.2) is 51.6 Å². The topological polar surface area (TPSA) is 57.1 Å². The molecule has 1 aliphatic rings. The van der Waals surface area contributed by atoms with Crippen LogP contribution in [-0.2, 0) is 9.53 Å². The molecule has 1 heterocycles. The van der Waals surface area contributed by atoms with Gasteiger partial charge in [-0.15, -0.1) is 0 Å². The highest BCUT2D eigenvalue weighted by atomic mass is 79.9. The van der Waals surface area contributed by atoms with Crippen molar-refractivity contribution in [1.29, 1.82) is 0 Å². The van der Waals surface area contributed by atoms with Crippen molar-refractivity contribution in [1.82, 2.24) is 0 Å². The number of halogens is 1. The predicted octanol–water partition coefficient (Wildman–Crippen LogP) is 5.29. The number of unbranched alkanes of at least 4 members (excludes halogenated alkanes) is 1. The Hall–Kier alpha value is -2.60. The summed E-state index contributed by atoms with van der Waals surface area (Å²) in [5, 5.41) is 0. The molecule has 0 spiro atoms. The zero-order valence-electron chi connectivity index (χ0n) is 16.1. The van der Waals surface area contributed by atoms with Gasteiger partial charge in [0.25, 0.3) is 0 Å². The van der Waals surface area contributed by atoms with E-state index in [4.69, 9.17) is 14.2 Å². The van der Waals surface area contributed by atoms with Crippen molar-refractivity contribution in [3.05, 3.63) is 63.3 Å². The second-order valence-corrected chi connectivity index (χ2v) is 7.29. The number of aliphatic imine (C=N–C) groups is 1. The number of esters is 1. The van der Waals surface area contributed by atoms with E-state index in [9.17, 15) is 4.79 Å². The Kier molecular flexibility index (Phi) is 6.52. The summed E-state index contributed by atoms with van der Waals surface area (Å²) in [5.74, 6) is 1.07. The highest BCUT2D eigenvalue weighted by molar-refractivity contribution is 9.10. The van der Waals surface area contributed by atoms with E-state index in [0.717, 1.165) is 34.0 Å². The zero-order chi connectivity index (χ0) is 20.1. The number of hydrogen-bond acceptors (Lipinski definition) is 5. The third kappa shape index (κ3) is 4.62. The third-order valence-corrected chi connectivity index (χ3v) is 4.81. The molecule has 0 atom stereocenters. The predicted molar refractivity (Wildman–Crippen MR) is 113 cm³/mol. The van der Waals surface area contributed by atoms with Crippen LogP contribution in [0.4, 0.5) is 0 Å². The average molecular weight is 444 g/mol. The van der Waals surface area contributed by atoms with E-state index < -0.39 is 5.97 Å². The van der Waals surface area contributed by atoms with Crippen molar-refractivity contribution >= 4 is 33.9 Å². The first-order valence-corrected chi connectivity index (χ1v) is 9.91. The summed E-state index contributed by atoms with van der Waals surface area (Å²) in [4.78, 5) is 16.6. The van der Waals surface area contributed by atoms with Gasteiger partial charge in [-0.25, -0.2) is 9.79 Å². The summed E-state index contributed by atoms with van der Waals surface area (Å²) in [6.07, 6.45) is 3.68.